The zero-order valence-electron chi connectivity index (χ0n) is 17.0. The summed E-state index contributed by atoms with van der Waals surface area (Å²) in [5.41, 5.74) is 3.65. The zero-order valence-corrected chi connectivity index (χ0v) is 17.0. The van der Waals surface area contributed by atoms with E-state index in [0.717, 1.165) is 41.8 Å². The molecule has 6 heteroatoms. The van der Waals surface area contributed by atoms with E-state index >= 15 is 0 Å². The second-order valence-corrected chi connectivity index (χ2v) is 8.13. The Bertz CT molecular complexity index is 928. The van der Waals surface area contributed by atoms with Crippen molar-refractivity contribution in [3.05, 3.63) is 64.7 Å². The molecule has 0 bridgehead atoms. The van der Waals surface area contributed by atoms with E-state index in [0.29, 0.717) is 25.3 Å². The van der Waals surface area contributed by atoms with Crippen molar-refractivity contribution < 1.29 is 14.1 Å². The van der Waals surface area contributed by atoms with E-state index < -0.39 is 0 Å². The molecule has 0 radical (unpaired) electrons. The molecule has 1 saturated heterocycles. The van der Waals surface area contributed by atoms with Crippen LogP contribution in [-0.4, -0.2) is 28.4 Å². The SMILES string of the molecule is Cc1noc(C)c1CC(=O)NCC12CCC=C1N(Cc1ccccc1)C(=O)CC2. The molecular weight excluding hydrogens is 366 g/mol. The second kappa shape index (κ2) is 7.85. The van der Waals surface area contributed by atoms with Crippen molar-refractivity contribution in [2.24, 2.45) is 5.41 Å². The maximum atomic E-state index is 12.7. The number of likely N-dealkylation sites (tertiary alicyclic amines) is 1. The van der Waals surface area contributed by atoms with E-state index in [1.165, 1.54) is 0 Å². The molecule has 0 saturated carbocycles. The van der Waals surface area contributed by atoms with Gasteiger partial charge in [-0.15, -0.1) is 0 Å². The summed E-state index contributed by atoms with van der Waals surface area (Å²) in [5.74, 6) is 0.820. The molecule has 1 aliphatic carbocycles. The van der Waals surface area contributed by atoms with Gasteiger partial charge in [-0.2, -0.15) is 0 Å². The topological polar surface area (TPSA) is 75.4 Å². The van der Waals surface area contributed by atoms with E-state index in [1.54, 1.807) is 0 Å². The summed E-state index contributed by atoms with van der Waals surface area (Å²) in [4.78, 5) is 27.2. The van der Waals surface area contributed by atoms with Crippen LogP contribution in [0.5, 0.6) is 0 Å². The van der Waals surface area contributed by atoms with Gasteiger partial charge in [0, 0.05) is 29.6 Å². The average Bonchev–Trinajstić information content (AvgIpc) is 3.29. The first-order valence-electron chi connectivity index (χ1n) is 10.2. The number of aromatic nitrogens is 1. The van der Waals surface area contributed by atoms with Gasteiger partial charge < -0.3 is 14.7 Å². The first-order valence-corrected chi connectivity index (χ1v) is 10.2. The van der Waals surface area contributed by atoms with Crippen LogP contribution in [0, 0.1) is 19.3 Å². The molecule has 1 fully saturated rings. The minimum absolute atomic E-state index is 0.0356. The van der Waals surface area contributed by atoms with Crippen LogP contribution in [0.4, 0.5) is 0 Å². The van der Waals surface area contributed by atoms with Gasteiger partial charge in [0.25, 0.3) is 0 Å². The van der Waals surface area contributed by atoms with E-state index in [4.69, 9.17) is 4.52 Å². The van der Waals surface area contributed by atoms with Gasteiger partial charge in [0.15, 0.2) is 0 Å². The van der Waals surface area contributed by atoms with Crippen LogP contribution >= 0.6 is 0 Å². The Balaban J connectivity index is 1.46. The van der Waals surface area contributed by atoms with Crippen LogP contribution in [0.1, 0.15) is 48.3 Å². The number of rotatable bonds is 6. The van der Waals surface area contributed by atoms with Gasteiger partial charge in [-0.3, -0.25) is 9.59 Å². The summed E-state index contributed by atoms with van der Waals surface area (Å²) in [7, 11) is 0. The molecule has 2 aromatic rings. The largest absolute Gasteiger partial charge is 0.361 e. The molecule has 4 rings (SSSR count). The number of benzene rings is 1. The minimum atomic E-state index is -0.156. The van der Waals surface area contributed by atoms with Crippen LogP contribution in [0.2, 0.25) is 0 Å². The number of piperidine rings is 1. The number of hydrogen-bond donors (Lipinski definition) is 1. The highest BCUT2D eigenvalue weighted by Crippen LogP contribution is 2.48. The number of amides is 2. The third-order valence-electron chi connectivity index (χ3n) is 6.24. The highest BCUT2D eigenvalue weighted by Gasteiger charge is 2.45. The van der Waals surface area contributed by atoms with Gasteiger partial charge in [0.2, 0.25) is 11.8 Å². The minimum Gasteiger partial charge on any atom is -0.361 e. The van der Waals surface area contributed by atoms with Gasteiger partial charge in [-0.1, -0.05) is 41.6 Å². The third kappa shape index (κ3) is 3.84. The average molecular weight is 393 g/mol. The summed E-state index contributed by atoms with van der Waals surface area (Å²) in [6.07, 6.45) is 5.65. The van der Waals surface area contributed by atoms with Crippen molar-refractivity contribution in [2.45, 2.75) is 52.5 Å². The summed E-state index contributed by atoms with van der Waals surface area (Å²) < 4.78 is 5.16. The van der Waals surface area contributed by atoms with Gasteiger partial charge in [0.05, 0.1) is 18.7 Å². The smallest absolute Gasteiger partial charge is 0.227 e. The predicted molar refractivity (Wildman–Crippen MR) is 109 cm³/mol. The number of nitrogens with zero attached hydrogens (tertiary/aromatic N) is 2. The highest BCUT2D eigenvalue weighted by atomic mass is 16.5. The molecule has 6 nitrogen and oxygen atoms in total. The molecule has 1 aliphatic heterocycles. The highest BCUT2D eigenvalue weighted by molar-refractivity contribution is 5.81. The number of fused-ring (bicyclic) bond motifs is 1. The molecule has 1 aromatic heterocycles. The van der Waals surface area contributed by atoms with Gasteiger partial charge in [-0.25, -0.2) is 0 Å². The number of nitrogens with one attached hydrogen (secondary N) is 1. The fraction of sp³-hybridized carbons (Fsp3) is 0.435. The maximum Gasteiger partial charge on any atom is 0.227 e. The monoisotopic (exact) mass is 393 g/mol. The standard InChI is InChI=1S/C23H27N3O3/c1-16-19(17(2)29-25-16)13-21(27)24-15-23-11-6-9-20(23)26(22(28)10-12-23)14-18-7-4-3-5-8-18/h3-5,7-9H,6,10-15H2,1-2H3,(H,24,27). The van der Waals surface area contributed by atoms with E-state index in [-0.39, 0.29) is 23.7 Å². The zero-order chi connectivity index (χ0) is 20.4. The van der Waals surface area contributed by atoms with Crippen molar-refractivity contribution in [3.8, 4) is 0 Å². The Morgan fingerprint density at radius 3 is 2.76 bits per heavy atom. The quantitative estimate of drug-likeness (QED) is 0.816. The molecular formula is C23H27N3O3. The fourth-order valence-corrected chi connectivity index (χ4v) is 4.55. The van der Waals surface area contributed by atoms with Crippen molar-refractivity contribution >= 4 is 11.8 Å². The molecule has 29 heavy (non-hydrogen) atoms. The van der Waals surface area contributed by atoms with Crippen LogP contribution in [0.25, 0.3) is 0 Å². The fourth-order valence-electron chi connectivity index (χ4n) is 4.55. The lowest BCUT2D eigenvalue weighted by Crippen LogP contribution is -2.48. The summed E-state index contributed by atoms with van der Waals surface area (Å²) in [6.45, 7) is 4.82. The van der Waals surface area contributed by atoms with Crippen LogP contribution in [0.3, 0.4) is 0 Å². The Morgan fingerprint density at radius 1 is 1.24 bits per heavy atom. The molecule has 2 amide bonds. The Morgan fingerprint density at radius 2 is 2.03 bits per heavy atom. The predicted octanol–water partition coefficient (Wildman–Crippen LogP) is 3.44. The summed E-state index contributed by atoms with van der Waals surface area (Å²) in [6, 6.07) is 10.1. The number of aryl methyl sites for hydroxylation is 2. The third-order valence-corrected chi connectivity index (χ3v) is 6.24. The van der Waals surface area contributed by atoms with Gasteiger partial charge in [-0.05, 0) is 38.7 Å². The molecule has 1 N–H and O–H groups in total. The van der Waals surface area contributed by atoms with E-state index in [9.17, 15) is 9.59 Å². The lowest BCUT2D eigenvalue weighted by molar-refractivity contribution is -0.134. The first kappa shape index (κ1) is 19.4. The summed E-state index contributed by atoms with van der Waals surface area (Å²) in [5, 5.41) is 7.04. The molecule has 2 heterocycles. The normalized spacial score (nSPS) is 21.1. The Hall–Kier alpha value is -2.89. The van der Waals surface area contributed by atoms with Crippen molar-refractivity contribution in [3.63, 3.8) is 0 Å². The Kier molecular flexibility index (Phi) is 5.26. The number of carbonyl (C=O) groups excluding carboxylic acids is 2. The van der Waals surface area contributed by atoms with E-state index in [2.05, 4.69) is 16.5 Å². The molecule has 1 unspecified atom stereocenters. The first-order chi connectivity index (χ1) is 14.0. The van der Waals surface area contributed by atoms with Crippen LogP contribution < -0.4 is 5.32 Å². The lowest BCUT2D eigenvalue weighted by atomic mass is 9.76. The lowest BCUT2D eigenvalue weighted by Gasteiger charge is -2.42. The van der Waals surface area contributed by atoms with Crippen molar-refractivity contribution in [2.75, 3.05) is 6.54 Å². The molecule has 2 aliphatic rings. The maximum absolute atomic E-state index is 12.7. The molecule has 0 spiro atoms. The number of hydrogen-bond acceptors (Lipinski definition) is 4. The number of allylic oxidation sites excluding steroid dienone is 1. The Labute approximate surface area is 170 Å². The molecule has 1 aromatic carbocycles. The van der Waals surface area contributed by atoms with Gasteiger partial charge >= 0.3 is 0 Å². The van der Waals surface area contributed by atoms with Crippen molar-refractivity contribution in [1.29, 1.82) is 0 Å². The van der Waals surface area contributed by atoms with Gasteiger partial charge in [0.1, 0.15) is 5.76 Å². The van der Waals surface area contributed by atoms with Crippen LogP contribution in [-0.2, 0) is 22.6 Å². The van der Waals surface area contributed by atoms with E-state index in [1.807, 2.05) is 49.1 Å². The summed E-state index contributed by atoms with van der Waals surface area (Å²) >= 11 is 0. The second-order valence-electron chi connectivity index (χ2n) is 8.13. The van der Waals surface area contributed by atoms with Crippen LogP contribution in [0.15, 0.2) is 46.6 Å². The number of carbonyl (C=O) groups is 2. The molecule has 152 valence electrons. The molecule has 1 atom stereocenters. The van der Waals surface area contributed by atoms with Crippen molar-refractivity contribution in [1.82, 2.24) is 15.4 Å².